The van der Waals surface area contributed by atoms with E-state index in [1.165, 1.54) is 0 Å². The molecular formula is C19H20N6O2. The molecule has 1 saturated heterocycles. The van der Waals surface area contributed by atoms with E-state index in [4.69, 9.17) is 9.72 Å². The molecule has 0 unspecified atom stereocenters. The number of hydrogen-bond donors (Lipinski definition) is 2. The maximum absolute atomic E-state index is 12.4. The van der Waals surface area contributed by atoms with Crippen LogP contribution in [0.1, 0.15) is 19.3 Å². The molecule has 8 heteroatoms. The number of nitrogens with zero attached hydrogens (tertiary/aromatic N) is 4. The van der Waals surface area contributed by atoms with Crippen LogP contribution >= 0.6 is 0 Å². The van der Waals surface area contributed by atoms with Crippen molar-refractivity contribution in [2.75, 3.05) is 13.2 Å². The lowest BCUT2D eigenvalue weighted by Crippen LogP contribution is -2.22. The van der Waals surface area contributed by atoms with Crippen LogP contribution in [0.4, 0.5) is 0 Å². The van der Waals surface area contributed by atoms with Crippen LogP contribution in [-0.2, 0) is 11.3 Å². The molecule has 0 radical (unpaired) electrons. The third-order valence-electron chi connectivity index (χ3n) is 5.30. The highest BCUT2D eigenvalue weighted by atomic mass is 16.5. The zero-order chi connectivity index (χ0) is 18.2. The number of benzene rings is 1. The zero-order valence-electron chi connectivity index (χ0n) is 14.8. The van der Waals surface area contributed by atoms with Gasteiger partial charge >= 0.3 is 5.69 Å². The van der Waals surface area contributed by atoms with E-state index in [-0.39, 0.29) is 5.69 Å². The van der Waals surface area contributed by atoms with Gasteiger partial charge in [-0.2, -0.15) is 0 Å². The van der Waals surface area contributed by atoms with Gasteiger partial charge in [0.15, 0.2) is 11.3 Å². The molecule has 138 valence electrons. The predicted octanol–water partition coefficient (Wildman–Crippen LogP) is 2.48. The SMILES string of the molecule is O=c1[nH]c2ncc(-c3ccc4nc[nH]c4c3)nc2n1CCC1CCOCC1. The number of rotatable bonds is 4. The Morgan fingerprint density at radius 2 is 2.11 bits per heavy atom. The fraction of sp³-hybridized carbons (Fsp3) is 0.368. The molecule has 3 aromatic heterocycles. The lowest BCUT2D eigenvalue weighted by Gasteiger charge is -2.21. The molecule has 5 rings (SSSR count). The average Bonchev–Trinajstić information content (AvgIpc) is 3.29. The quantitative estimate of drug-likeness (QED) is 0.579. The van der Waals surface area contributed by atoms with E-state index >= 15 is 0 Å². The Hall–Kier alpha value is -3.00. The van der Waals surface area contributed by atoms with Gasteiger partial charge in [-0.1, -0.05) is 6.07 Å². The summed E-state index contributed by atoms with van der Waals surface area (Å²) < 4.78 is 7.12. The van der Waals surface area contributed by atoms with Gasteiger partial charge in [0, 0.05) is 25.3 Å². The van der Waals surface area contributed by atoms with Crippen LogP contribution in [0.25, 0.3) is 33.6 Å². The second kappa shape index (κ2) is 6.62. The van der Waals surface area contributed by atoms with Crippen molar-refractivity contribution in [1.82, 2.24) is 29.5 Å². The van der Waals surface area contributed by atoms with E-state index in [0.717, 1.165) is 54.8 Å². The maximum Gasteiger partial charge on any atom is 0.328 e. The Bertz CT molecular complexity index is 1150. The summed E-state index contributed by atoms with van der Waals surface area (Å²) in [6.45, 7) is 2.27. The topological polar surface area (TPSA) is 101 Å². The predicted molar refractivity (Wildman–Crippen MR) is 101 cm³/mol. The van der Waals surface area contributed by atoms with Crippen molar-refractivity contribution < 1.29 is 4.74 Å². The second-order valence-corrected chi connectivity index (χ2v) is 6.99. The van der Waals surface area contributed by atoms with Crippen LogP contribution in [0.15, 0.2) is 35.5 Å². The normalized spacial score (nSPS) is 15.7. The van der Waals surface area contributed by atoms with Crippen LogP contribution in [0.5, 0.6) is 0 Å². The van der Waals surface area contributed by atoms with Gasteiger partial charge in [-0.3, -0.25) is 9.55 Å². The minimum Gasteiger partial charge on any atom is -0.381 e. The van der Waals surface area contributed by atoms with E-state index in [9.17, 15) is 4.79 Å². The van der Waals surface area contributed by atoms with E-state index < -0.39 is 0 Å². The molecule has 0 aliphatic carbocycles. The van der Waals surface area contributed by atoms with Crippen LogP contribution in [0.2, 0.25) is 0 Å². The van der Waals surface area contributed by atoms with Crippen molar-refractivity contribution in [2.45, 2.75) is 25.8 Å². The molecule has 0 bridgehead atoms. The lowest BCUT2D eigenvalue weighted by atomic mass is 9.97. The number of hydrogen-bond acceptors (Lipinski definition) is 5. The van der Waals surface area contributed by atoms with Crippen molar-refractivity contribution in [1.29, 1.82) is 0 Å². The van der Waals surface area contributed by atoms with E-state index in [1.54, 1.807) is 17.1 Å². The summed E-state index contributed by atoms with van der Waals surface area (Å²) in [7, 11) is 0. The molecule has 1 aliphatic heterocycles. The molecule has 4 heterocycles. The summed E-state index contributed by atoms with van der Waals surface area (Å²) in [4.78, 5) is 31.7. The minimum absolute atomic E-state index is 0.154. The van der Waals surface area contributed by atoms with E-state index in [2.05, 4.69) is 19.9 Å². The first-order valence-electron chi connectivity index (χ1n) is 9.25. The number of nitrogens with one attached hydrogen (secondary N) is 2. The maximum atomic E-state index is 12.4. The first-order valence-corrected chi connectivity index (χ1v) is 9.25. The molecule has 1 fully saturated rings. The fourth-order valence-electron chi connectivity index (χ4n) is 3.71. The Balaban J connectivity index is 1.49. The molecule has 0 spiro atoms. The summed E-state index contributed by atoms with van der Waals surface area (Å²) in [5, 5.41) is 0. The fourth-order valence-corrected chi connectivity index (χ4v) is 3.71. The van der Waals surface area contributed by atoms with E-state index in [0.29, 0.717) is 23.8 Å². The number of aryl methyl sites for hydroxylation is 1. The molecule has 1 aromatic carbocycles. The lowest BCUT2D eigenvalue weighted by molar-refractivity contribution is 0.0626. The Labute approximate surface area is 154 Å². The molecule has 4 aromatic rings. The number of aromatic amines is 2. The molecule has 0 saturated carbocycles. The summed E-state index contributed by atoms with van der Waals surface area (Å²) in [6, 6.07) is 5.91. The zero-order valence-corrected chi connectivity index (χ0v) is 14.8. The van der Waals surface area contributed by atoms with Crippen LogP contribution in [0, 0.1) is 5.92 Å². The third-order valence-corrected chi connectivity index (χ3v) is 5.30. The number of imidazole rings is 2. The first-order chi connectivity index (χ1) is 13.3. The summed E-state index contributed by atoms with van der Waals surface area (Å²) in [5.41, 5.74) is 4.50. The molecular weight excluding hydrogens is 344 g/mol. The second-order valence-electron chi connectivity index (χ2n) is 6.99. The van der Waals surface area contributed by atoms with Crippen LogP contribution in [0.3, 0.4) is 0 Å². The van der Waals surface area contributed by atoms with Gasteiger partial charge in [-0.15, -0.1) is 0 Å². The Morgan fingerprint density at radius 1 is 1.22 bits per heavy atom. The summed E-state index contributed by atoms with van der Waals surface area (Å²) in [6.07, 6.45) is 6.42. The van der Waals surface area contributed by atoms with Crippen molar-refractivity contribution in [2.24, 2.45) is 5.92 Å². The van der Waals surface area contributed by atoms with Crippen LogP contribution in [-0.4, -0.2) is 42.7 Å². The molecule has 27 heavy (non-hydrogen) atoms. The summed E-state index contributed by atoms with van der Waals surface area (Å²) in [5.74, 6) is 0.592. The highest BCUT2D eigenvalue weighted by Gasteiger charge is 2.16. The van der Waals surface area contributed by atoms with Crippen molar-refractivity contribution in [3.63, 3.8) is 0 Å². The van der Waals surface area contributed by atoms with Gasteiger partial charge in [-0.25, -0.2) is 19.7 Å². The Morgan fingerprint density at radius 3 is 3.00 bits per heavy atom. The number of ether oxygens (including phenoxy) is 1. The number of fused-ring (bicyclic) bond motifs is 2. The third kappa shape index (κ3) is 3.02. The molecule has 0 amide bonds. The minimum atomic E-state index is -0.154. The standard InChI is InChI=1S/C19H20N6O2/c26-19-24-17-18(25(19)6-3-12-4-7-27-8-5-12)23-16(10-20-17)13-1-2-14-15(9-13)22-11-21-14/h1-2,9-12H,3-8H2,(H,21,22)(H,20,24,26). The average molecular weight is 364 g/mol. The smallest absolute Gasteiger partial charge is 0.328 e. The van der Waals surface area contributed by atoms with Crippen LogP contribution < -0.4 is 5.69 Å². The molecule has 1 aliphatic rings. The van der Waals surface area contributed by atoms with Gasteiger partial charge in [-0.05, 0) is 37.3 Å². The largest absolute Gasteiger partial charge is 0.381 e. The van der Waals surface area contributed by atoms with Gasteiger partial charge < -0.3 is 9.72 Å². The number of aromatic nitrogens is 6. The Kier molecular flexibility index (Phi) is 3.97. The van der Waals surface area contributed by atoms with Gasteiger partial charge in [0.05, 0.1) is 29.3 Å². The van der Waals surface area contributed by atoms with Crippen molar-refractivity contribution in [3.05, 3.63) is 41.2 Å². The van der Waals surface area contributed by atoms with Gasteiger partial charge in [0.25, 0.3) is 0 Å². The van der Waals surface area contributed by atoms with Gasteiger partial charge in [0.2, 0.25) is 0 Å². The first kappa shape index (κ1) is 16.2. The number of H-pyrrole nitrogens is 2. The molecule has 2 N–H and O–H groups in total. The summed E-state index contributed by atoms with van der Waals surface area (Å²) >= 11 is 0. The highest BCUT2D eigenvalue weighted by Crippen LogP contribution is 2.23. The van der Waals surface area contributed by atoms with Crippen molar-refractivity contribution >= 4 is 22.3 Å². The molecule has 8 nitrogen and oxygen atoms in total. The molecule has 0 atom stereocenters. The monoisotopic (exact) mass is 364 g/mol. The van der Waals surface area contributed by atoms with E-state index in [1.807, 2.05) is 18.2 Å². The van der Waals surface area contributed by atoms with Crippen molar-refractivity contribution in [3.8, 4) is 11.3 Å². The highest BCUT2D eigenvalue weighted by molar-refractivity contribution is 5.81. The van der Waals surface area contributed by atoms with Gasteiger partial charge in [0.1, 0.15) is 0 Å².